The van der Waals surface area contributed by atoms with E-state index >= 15 is 0 Å². The van der Waals surface area contributed by atoms with E-state index in [0.717, 1.165) is 17.7 Å². The lowest BCUT2D eigenvalue weighted by molar-refractivity contribution is 0.315. The molecule has 0 aliphatic heterocycles. The second-order valence-corrected chi connectivity index (χ2v) is 5.88. The number of phenolic OH excluding ortho intramolecular Hbond substituents is 1. The molecule has 0 radical (unpaired) electrons. The van der Waals surface area contributed by atoms with Crippen molar-refractivity contribution >= 4 is 23.5 Å². The van der Waals surface area contributed by atoms with Crippen LogP contribution in [-0.4, -0.2) is 30.2 Å². The van der Waals surface area contributed by atoms with E-state index in [9.17, 15) is 5.11 Å². The highest BCUT2D eigenvalue weighted by Crippen LogP contribution is 2.22. The Morgan fingerprint density at radius 1 is 1.19 bits per heavy atom. The Bertz CT molecular complexity index is 748. The molecule has 0 bridgehead atoms. The van der Waals surface area contributed by atoms with Crippen molar-refractivity contribution < 1.29 is 14.6 Å². The van der Waals surface area contributed by atoms with E-state index in [0.29, 0.717) is 29.6 Å². The Balaban J connectivity index is 1.80. The molecule has 26 heavy (non-hydrogen) atoms. The fourth-order valence-electron chi connectivity index (χ4n) is 2.07. The lowest BCUT2D eigenvalue weighted by Gasteiger charge is -2.08. The van der Waals surface area contributed by atoms with Crippen LogP contribution in [-0.2, 0) is 6.54 Å². The van der Waals surface area contributed by atoms with Gasteiger partial charge >= 0.3 is 0 Å². The predicted molar refractivity (Wildman–Crippen MR) is 107 cm³/mol. The molecule has 3 N–H and O–H groups in total. The average molecular weight is 373 g/mol. The van der Waals surface area contributed by atoms with Gasteiger partial charge in [-0.3, -0.25) is 5.43 Å². The van der Waals surface area contributed by atoms with Crippen LogP contribution in [0.5, 0.6) is 17.2 Å². The Kier molecular flexibility index (Phi) is 7.70. The summed E-state index contributed by atoms with van der Waals surface area (Å²) in [5.74, 6) is 1.54. The summed E-state index contributed by atoms with van der Waals surface area (Å²) in [7, 11) is 1.63. The highest BCUT2D eigenvalue weighted by molar-refractivity contribution is 7.80. The van der Waals surface area contributed by atoms with E-state index in [1.54, 1.807) is 25.3 Å². The van der Waals surface area contributed by atoms with Gasteiger partial charge in [0.25, 0.3) is 0 Å². The molecule has 0 spiro atoms. The molecule has 0 saturated carbocycles. The Labute approximate surface area is 158 Å². The maximum Gasteiger partial charge on any atom is 0.187 e. The van der Waals surface area contributed by atoms with E-state index in [1.807, 2.05) is 31.2 Å². The van der Waals surface area contributed by atoms with E-state index in [4.69, 9.17) is 21.7 Å². The summed E-state index contributed by atoms with van der Waals surface area (Å²) in [5.41, 5.74) is 4.36. The van der Waals surface area contributed by atoms with Crippen LogP contribution in [0.1, 0.15) is 24.5 Å². The number of hydrazone groups is 1. The van der Waals surface area contributed by atoms with E-state index in [2.05, 4.69) is 15.8 Å². The number of benzene rings is 2. The molecule has 6 nitrogen and oxygen atoms in total. The lowest BCUT2D eigenvalue weighted by atomic mass is 10.2. The predicted octanol–water partition coefficient (Wildman–Crippen LogP) is 3.19. The first kappa shape index (κ1) is 19.5. The molecule has 2 aromatic rings. The summed E-state index contributed by atoms with van der Waals surface area (Å²) < 4.78 is 10.6. The maximum absolute atomic E-state index is 9.99. The molecule has 0 aliphatic rings. The highest BCUT2D eigenvalue weighted by Gasteiger charge is 2.02. The van der Waals surface area contributed by atoms with Crippen LogP contribution in [0.15, 0.2) is 47.6 Å². The number of nitrogens with zero attached hydrogens (tertiary/aromatic N) is 1. The zero-order chi connectivity index (χ0) is 18.8. The van der Waals surface area contributed by atoms with Gasteiger partial charge in [0.2, 0.25) is 0 Å². The number of aromatic hydroxyl groups is 1. The summed E-state index contributed by atoms with van der Waals surface area (Å²) in [6, 6.07) is 12.8. The molecule has 0 saturated heterocycles. The van der Waals surface area contributed by atoms with Crippen molar-refractivity contribution in [3.8, 4) is 17.2 Å². The third kappa shape index (κ3) is 6.25. The summed E-state index contributed by atoms with van der Waals surface area (Å²) >= 11 is 5.18. The van der Waals surface area contributed by atoms with Crippen molar-refractivity contribution in [2.24, 2.45) is 5.10 Å². The fraction of sp³-hybridized carbons (Fsp3) is 0.263. The number of thiocarbonyl (C=S) groups is 1. The van der Waals surface area contributed by atoms with Crippen molar-refractivity contribution in [3.05, 3.63) is 53.6 Å². The summed E-state index contributed by atoms with van der Waals surface area (Å²) in [6.07, 6.45) is 2.41. The minimum absolute atomic E-state index is 0.0984. The number of rotatable bonds is 8. The lowest BCUT2D eigenvalue weighted by Crippen LogP contribution is -2.31. The monoisotopic (exact) mass is 373 g/mol. The molecule has 0 amide bonds. The van der Waals surface area contributed by atoms with Gasteiger partial charge in [0.05, 0.1) is 19.9 Å². The summed E-state index contributed by atoms with van der Waals surface area (Å²) in [6.45, 7) is 3.21. The third-order valence-corrected chi connectivity index (χ3v) is 3.69. The zero-order valence-corrected chi connectivity index (χ0v) is 15.7. The van der Waals surface area contributed by atoms with Gasteiger partial charge < -0.3 is 19.9 Å². The van der Waals surface area contributed by atoms with Crippen LogP contribution in [0.25, 0.3) is 0 Å². The summed E-state index contributed by atoms with van der Waals surface area (Å²) in [5, 5.41) is 17.5. The van der Waals surface area contributed by atoms with Crippen LogP contribution in [0.4, 0.5) is 0 Å². The number of hydrogen-bond donors (Lipinski definition) is 3. The summed E-state index contributed by atoms with van der Waals surface area (Å²) in [4.78, 5) is 0. The van der Waals surface area contributed by atoms with Gasteiger partial charge in [-0.15, -0.1) is 0 Å². The van der Waals surface area contributed by atoms with Crippen molar-refractivity contribution in [1.29, 1.82) is 0 Å². The van der Waals surface area contributed by atoms with Crippen molar-refractivity contribution in [2.75, 3.05) is 13.7 Å². The number of phenols is 1. The SMILES string of the molecule is CCCOc1ccc(/C=N/NC(=S)NCc2ccc(OC)cc2)c(O)c1. The molecule has 0 atom stereocenters. The van der Waals surface area contributed by atoms with Crippen molar-refractivity contribution in [3.63, 3.8) is 0 Å². The molecule has 0 fully saturated rings. The van der Waals surface area contributed by atoms with Gasteiger partial charge in [-0.25, -0.2) is 0 Å². The van der Waals surface area contributed by atoms with Crippen molar-refractivity contribution in [2.45, 2.75) is 19.9 Å². The number of methoxy groups -OCH3 is 1. The maximum atomic E-state index is 9.99. The third-order valence-electron chi connectivity index (χ3n) is 3.46. The second kappa shape index (κ2) is 10.2. The molecule has 0 heterocycles. The number of ether oxygens (including phenoxy) is 2. The molecule has 7 heteroatoms. The van der Waals surface area contributed by atoms with Gasteiger partial charge in [-0.1, -0.05) is 19.1 Å². The van der Waals surface area contributed by atoms with E-state index in [-0.39, 0.29) is 5.75 Å². The average Bonchev–Trinajstić information content (AvgIpc) is 2.66. The Morgan fingerprint density at radius 3 is 2.58 bits per heavy atom. The fourth-order valence-corrected chi connectivity index (χ4v) is 2.19. The second-order valence-electron chi connectivity index (χ2n) is 5.47. The zero-order valence-electron chi connectivity index (χ0n) is 14.9. The standard InChI is InChI=1S/C19H23N3O3S/c1-3-10-25-17-9-6-15(18(23)11-17)13-21-22-19(26)20-12-14-4-7-16(24-2)8-5-14/h4-9,11,13,23H,3,10,12H2,1-2H3,(H2,20,22,26)/b21-13+. The smallest absolute Gasteiger partial charge is 0.187 e. The van der Waals surface area contributed by atoms with Crippen molar-refractivity contribution in [1.82, 2.24) is 10.7 Å². The van der Waals surface area contributed by atoms with Crippen LogP contribution in [0, 0.1) is 0 Å². The molecule has 2 rings (SSSR count). The first-order valence-corrected chi connectivity index (χ1v) is 8.69. The Hall–Kier alpha value is -2.80. The molecular weight excluding hydrogens is 350 g/mol. The molecule has 0 aliphatic carbocycles. The normalized spacial score (nSPS) is 10.5. The van der Waals surface area contributed by atoms with Gasteiger partial charge in [0.15, 0.2) is 5.11 Å². The molecule has 0 aromatic heterocycles. The Morgan fingerprint density at radius 2 is 1.92 bits per heavy atom. The molecular formula is C19H23N3O3S. The van der Waals surface area contributed by atoms with Gasteiger partial charge in [-0.05, 0) is 48.5 Å². The number of nitrogens with one attached hydrogen (secondary N) is 2. The minimum atomic E-state index is 0.0984. The quantitative estimate of drug-likeness (QED) is 0.375. The highest BCUT2D eigenvalue weighted by atomic mass is 32.1. The first-order chi connectivity index (χ1) is 12.6. The van der Waals surface area contributed by atoms with Crippen LogP contribution in [0.2, 0.25) is 0 Å². The van der Waals surface area contributed by atoms with E-state index in [1.165, 1.54) is 6.21 Å². The van der Waals surface area contributed by atoms with Crippen LogP contribution >= 0.6 is 12.2 Å². The van der Waals surface area contributed by atoms with Crippen LogP contribution < -0.4 is 20.2 Å². The largest absolute Gasteiger partial charge is 0.507 e. The van der Waals surface area contributed by atoms with Gasteiger partial charge in [0, 0.05) is 18.2 Å². The molecule has 0 unspecified atom stereocenters. The minimum Gasteiger partial charge on any atom is -0.507 e. The first-order valence-electron chi connectivity index (χ1n) is 8.28. The van der Waals surface area contributed by atoms with Gasteiger partial charge in [0.1, 0.15) is 17.2 Å². The number of hydrogen-bond acceptors (Lipinski definition) is 5. The topological polar surface area (TPSA) is 75.1 Å². The van der Waals surface area contributed by atoms with Crippen LogP contribution in [0.3, 0.4) is 0 Å². The molecule has 138 valence electrons. The molecule has 2 aromatic carbocycles. The van der Waals surface area contributed by atoms with E-state index < -0.39 is 0 Å². The van der Waals surface area contributed by atoms with Gasteiger partial charge in [-0.2, -0.15) is 5.10 Å².